The van der Waals surface area contributed by atoms with Crippen LogP contribution in [-0.2, 0) is 16.1 Å². The zero-order valence-corrected chi connectivity index (χ0v) is 18.2. The molecule has 0 radical (unpaired) electrons. The third kappa shape index (κ3) is 4.80. The molecule has 0 unspecified atom stereocenters. The molecule has 31 heavy (non-hydrogen) atoms. The predicted octanol–water partition coefficient (Wildman–Crippen LogP) is 3.30. The Morgan fingerprint density at radius 3 is 2.39 bits per heavy atom. The standard InChI is InChI=1S/C25H29N3O3/c1-19(29)28-12-11-21-5-3-4-6-23(21)24(28)17-25(30)27-15-13-26(14-16-27)18-20-7-9-22(31-2)10-8-20/h3-12,24H,13-18H2,1-2H3/t24-/m1/s1. The van der Waals surface area contributed by atoms with Gasteiger partial charge in [-0.25, -0.2) is 0 Å². The molecule has 0 bridgehead atoms. The summed E-state index contributed by atoms with van der Waals surface area (Å²) in [5, 5.41) is 0. The molecule has 1 atom stereocenters. The van der Waals surface area contributed by atoms with Gasteiger partial charge in [-0.2, -0.15) is 0 Å². The van der Waals surface area contributed by atoms with E-state index >= 15 is 0 Å². The highest BCUT2D eigenvalue weighted by molar-refractivity contribution is 5.82. The van der Waals surface area contributed by atoms with Crippen LogP contribution in [0.1, 0.15) is 36.1 Å². The van der Waals surface area contributed by atoms with Crippen LogP contribution in [0, 0.1) is 0 Å². The summed E-state index contributed by atoms with van der Waals surface area (Å²) in [5.41, 5.74) is 3.34. The fourth-order valence-electron chi connectivity index (χ4n) is 4.35. The third-order valence-electron chi connectivity index (χ3n) is 6.13. The van der Waals surface area contributed by atoms with Gasteiger partial charge in [0.05, 0.1) is 19.6 Å². The molecule has 0 spiro atoms. The molecule has 6 nitrogen and oxygen atoms in total. The molecule has 2 aromatic carbocycles. The third-order valence-corrected chi connectivity index (χ3v) is 6.13. The molecule has 1 fully saturated rings. The van der Waals surface area contributed by atoms with Crippen LogP contribution in [0.4, 0.5) is 0 Å². The van der Waals surface area contributed by atoms with Gasteiger partial charge in [0.25, 0.3) is 0 Å². The first-order valence-corrected chi connectivity index (χ1v) is 10.7. The van der Waals surface area contributed by atoms with Crippen LogP contribution in [0.3, 0.4) is 0 Å². The number of ether oxygens (including phenoxy) is 1. The van der Waals surface area contributed by atoms with E-state index in [4.69, 9.17) is 4.74 Å². The maximum atomic E-state index is 13.1. The molecule has 0 aromatic heterocycles. The molecule has 162 valence electrons. The van der Waals surface area contributed by atoms with E-state index in [9.17, 15) is 9.59 Å². The fourth-order valence-corrected chi connectivity index (χ4v) is 4.35. The number of benzene rings is 2. The molecule has 2 aromatic rings. The van der Waals surface area contributed by atoms with Gasteiger partial charge in [-0.05, 0) is 34.9 Å². The first-order chi connectivity index (χ1) is 15.0. The fraction of sp³-hybridized carbons (Fsp3) is 0.360. The van der Waals surface area contributed by atoms with E-state index in [-0.39, 0.29) is 17.9 Å². The average molecular weight is 420 g/mol. The Morgan fingerprint density at radius 1 is 1.00 bits per heavy atom. The minimum Gasteiger partial charge on any atom is -0.497 e. The van der Waals surface area contributed by atoms with Gasteiger partial charge in [-0.1, -0.05) is 36.4 Å². The minimum atomic E-state index is -0.247. The monoisotopic (exact) mass is 419 g/mol. The highest BCUT2D eigenvalue weighted by atomic mass is 16.5. The molecule has 6 heteroatoms. The summed E-state index contributed by atoms with van der Waals surface area (Å²) in [4.78, 5) is 31.3. The number of methoxy groups -OCH3 is 1. The average Bonchev–Trinajstić information content (AvgIpc) is 2.80. The van der Waals surface area contributed by atoms with Gasteiger partial charge in [0, 0.05) is 45.8 Å². The first-order valence-electron chi connectivity index (χ1n) is 10.7. The first kappa shape index (κ1) is 21.1. The van der Waals surface area contributed by atoms with Crippen LogP contribution in [0.2, 0.25) is 0 Å². The zero-order chi connectivity index (χ0) is 21.8. The minimum absolute atomic E-state index is 0.0483. The lowest BCUT2D eigenvalue weighted by Crippen LogP contribution is -2.49. The molecule has 1 saturated heterocycles. The van der Waals surface area contributed by atoms with Crippen LogP contribution in [0.15, 0.2) is 54.7 Å². The normalized spacial score (nSPS) is 18.6. The number of rotatable bonds is 5. The van der Waals surface area contributed by atoms with E-state index in [2.05, 4.69) is 17.0 Å². The van der Waals surface area contributed by atoms with Crippen molar-refractivity contribution in [2.45, 2.75) is 25.9 Å². The summed E-state index contributed by atoms with van der Waals surface area (Å²) in [5.74, 6) is 0.913. The molecule has 0 aliphatic carbocycles. The number of hydrogen-bond acceptors (Lipinski definition) is 4. The Hall–Kier alpha value is -3.12. The van der Waals surface area contributed by atoms with Crippen molar-refractivity contribution >= 4 is 17.9 Å². The number of carbonyl (C=O) groups excluding carboxylic acids is 2. The summed E-state index contributed by atoms with van der Waals surface area (Å²) in [6, 6.07) is 15.9. The number of amides is 2. The zero-order valence-electron chi connectivity index (χ0n) is 18.2. The van der Waals surface area contributed by atoms with Crippen molar-refractivity contribution in [3.8, 4) is 5.75 Å². The molecule has 2 heterocycles. The van der Waals surface area contributed by atoms with E-state index in [1.807, 2.05) is 47.4 Å². The summed E-state index contributed by atoms with van der Waals surface area (Å²) >= 11 is 0. The van der Waals surface area contributed by atoms with Gasteiger partial charge in [0.2, 0.25) is 11.8 Å². The van der Waals surface area contributed by atoms with Crippen molar-refractivity contribution in [3.05, 3.63) is 71.4 Å². The molecule has 2 aliphatic rings. The van der Waals surface area contributed by atoms with E-state index in [0.717, 1.165) is 36.5 Å². The van der Waals surface area contributed by atoms with Gasteiger partial charge >= 0.3 is 0 Å². The van der Waals surface area contributed by atoms with Crippen molar-refractivity contribution < 1.29 is 14.3 Å². The highest BCUT2D eigenvalue weighted by Gasteiger charge is 2.30. The van der Waals surface area contributed by atoms with Crippen LogP contribution in [-0.4, -0.2) is 59.8 Å². The van der Waals surface area contributed by atoms with Crippen LogP contribution >= 0.6 is 0 Å². The summed E-state index contributed by atoms with van der Waals surface area (Å²) in [6.45, 7) is 5.52. The molecular weight excluding hydrogens is 390 g/mol. The molecular formula is C25H29N3O3. The SMILES string of the molecule is COc1ccc(CN2CCN(C(=O)C[C@@H]3c4ccccc4C=CN3C(C)=O)CC2)cc1. The molecule has 2 aliphatic heterocycles. The Kier molecular flexibility index (Phi) is 6.37. The predicted molar refractivity (Wildman–Crippen MR) is 120 cm³/mol. The van der Waals surface area contributed by atoms with Crippen molar-refractivity contribution in [3.63, 3.8) is 0 Å². The molecule has 4 rings (SSSR count). The highest BCUT2D eigenvalue weighted by Crippen LogP contribution is 2.33. The Morgan fingerprint density at radius 2 is 1.71 bits per heavy atom. The summed E-state index contributed by atoms with van der Waals surface area (Å²) in [6.07, 6.45) is 4.05. The van der Waals surface area contributed by atoms with Crippen molar-refractivity contribution in [2.24, 2.45) is 0 Å². The maximum absolute atomic E-state index is 13.1. The van der Waals surface area contributed by atoms with Crippen molar-refractivity contribution in [2.75, 3.05) is 33.3 Å². The molecule has 0 N–H and O–H groups in total. The van der Waals surface area contributed by atoms with Crippen molar-refractivity contribution in [1.29, 1.82) is 0 Å². The van der Waals surface area contributed by atoms with Gasteiger partial charge in [0.1, 0.15) is 5.75 Å². The quantitative estimate of drug-likeness (QED) is 0.746. The number of carbonyl (C=O) groups is 2. The number of piperazine rings is 1. The van der Waals surface area contributed by atoms with E-state index in [1.54, 1.807) is 25.1 Å². The Balaban J connectivity index is 1.36. The van der Waals surface area contributed by atoms with Crippen molar-refractivity contribution in [1.82, 2.24) is 14.7 Å². The lowest BCUT2D eigenvalue weighted by atomic mass is 9.93. The number of fused-ring (bicyclic) bond motifs is 1. The van der Waals surface area contributed by atoms with E-state index in [0.29, 0.717) is 19.5 Å². The number of hydrogen-bond donors (Lipinski definition) is 0. The van der Waals surface area contributed by atoms with Gasteiger partial charge in [-0.3, -0.25) is 14.5 Å². The van der Waals surface area contributed by atoms with Crippen LogP contribution < -0.4 is 4.74 Å². The molecule has 2 amide bonds. The Labute approximate surface area is 183 Å². The van der Waals surface area contributed by atoms with Crippen LogP contribution in [0.25, 0.3) is 6.08 Å². The second kappa shape index (κ2) is 9.35. The second-order valence-electron chi connectivity index (χ2n) is 8.10. The number of nitrogens with zero attached hydrogens (tertiary/aromatic N) is 3. The van der Waals surface area contributed by atoms with Gasteiger partial charge in [0.15, 0.2) is 0 Å². The van der Waals surface area contributed by atoms with E-state index in [1.165, 1.54) is 5.56 Å². The largest absolute Gasteiger partial charge is 0.497 e. The second-order valence-corrected chi connectivity index (χ2v) is 8.10. The van der Waals surface area contributed by atoms with Gasteiger partial charge < -0.3 is 14.5 Å². The molecule has 0 saturated carbocycles. The maximum Gasteiger partial charge on any atom is 0.225 e. The Bertz CT molecular complexity index is 962. The topological polar surface area (TPSA) is 53.1 Å². The lowest BCUT2D eigenvalue weighted by molar-refractivity contribution is -0.136. The van der Waals surface area contributed by atoms with Gasteiger partial charge in [-0.15, -0.1) is 0 Å². The summed E-state index contributed by atoms with van der Waals surface area (Å²) in [7, 11) is 1.67. The lowest BCUT2D eigenvalue weighted by Gasteiger charge is -2.37. The summed E-state index contributed by atoms with van der Waals surface area (Å²) < 4.78 is 5.22. The smallest absolute Gasteiger partial charge is 0.225 e. The van der Waals surface area contributed by atoms with Crippen LogP contribution in [0.5, 0.6) is 5.75 Å². The van der Waals surface area contributed by atoms with E-state index < -0.39 is 0 Å².